The third-order valence-electron chi connectivity index (χ3n) is 6.05. The molecule has 0 N–H and O–H groups in total. The molecule has 1 aliphatic rings. The van der Waals surface area contributed by atoms with E-state index in [2.05, 4.69) is 86.6 Å². The monoisotopic (exact) mass is 354 g/mol. The average molecular weight is 354 g/mol. The Morgan fingerprint density at radius 1 is 1.00 bits per heavy atom. The van der Waals surface area contributed by atoms with Gasteiger partial charge in [0.1, 0.15) is 12.9 Å². The largest absolute Gasteiger partial charge is 0.303 e. The summed E-state index contributed by atoms with van der Waals surface area (Å²) in [7, 11) is 2.14. The van der Waals surface area contributed by atoms with Crippen LogP contribution in [0.4, 0.5) is 0 Å². The summed E-state index contributed by atoms with van der Waals surface area (Å²) in [5, 5.41) is 2.59. The van der Waals surface area contributed by atoms with Gasteiger partial charge in [-0.3, -0.25) is 0 Å². The lowest BCUT2D eigenvalue weighted by molar-refractivity contribution is -0.659. The van der Waals surface area contributed by atoms with Gasteiger partial charge in [-0.15, -0.1) is 0 Å². The van der Waals surface area contributed by atoms with Crippen LogP contribution in [0.1, 0.15) is 33.8 Å². The Hall–Kier alpha value is -2.94. The molecule has 3 heteroatoms. The number of hydrogen-bond donors (Lipinski definition) is 0. The topological polar surface area (TPSA) is 21.7 Å². The van der Waals surface area contributed by atoms with E-state index in [0.29, 0.717) is 0 Å². The first-order chi connectivity index (χ1) is 12.9. The summed E-state index contributed by atoms with van der Waals surface area (Å²) in [6, 6.07) is 11.3. The van der Waals surface area contributed by atoms with Crippen LogP contribution in [0, 0.1) is 27.7 Å². The summed E-state index contributed by atoms with van der Waals surface area (Å²) in [5.41, 5.74) is 10.4. The van der Waals surface area contributed by atoms with Crippen molar-refractivity contribution < 1.29 is 4.57 Å². The second kappa shape index (κ2) is 5.53. The number of fused-ring (bicyclic) bond motifs is 4. The summed E-state index contributed by atoms with van der Waals surface area (Å²) in [5.74, 6) is 1.15. The molecule has 0 aliphatic carbocycles. The fourth-order valence-electron chi connectivity index (χ4n) is 4.50. The maximum atomic E-state index is 4.71. The lowest BCUT2D eigenvalue weighted by atomic mass is 9.91. The molecular formula is C24H24N3+. The van der Waals surface area contributed by atoms with E-state index < -0.39 is 0 Å². The Labute approximate surface area is 159 Å². The Morgan fingerprint density at radius 3 is 2.63 bits per heavy atom. The minimum atomic E-state index is 0.928. The number of aryl methyl sites for hydroxylation is 3. The number of pyridine rings is 1. The van der Waals surface area contributed by atoms with E-state index >= 15 is 0 Å². The van der Waals surface area contributed by atoms with E-state index in [1.54, 1.807) is 0 Å². The molecule has 2 aromatic heterocycles. The van der Waals surface area contributed by atoms with E-state index in [9.17, 15) is 0 Å². The maximum Gasteiger partial charge on any atom is 0.220 e. The highest BCUT2D eigenvalue weighted by molar-refractivity contribution is 5.94. The molecule has 0 bridgehead atoms. The van der Waals surface area contributed by atoms with Crippen LogP contribution >= 0.6 is 0 Å². The minimum Gasteiger partial charge on any atom is -0.303 e. The molecule has 4 aromatic rings. The summed E-state index contributed by atoms with van der Waals surface area (Å²) < 4.78 is 4.52. The maximum absolute atomic E-state index is 4.71. The van der Waals surface area contributed by atoms with Crippen molar-refractivity contribution in [3.05, 3.63) is 76.5 Å². The van der Waals surface area contributed by atoms with Crippen molar-refractivity contribution in [2.45, 2.75) is 34.1 Å². The molecule has 0 spiro atoms. The number of aromatic nitrogens is 3. The van der Waals surface area contributed by atoms with Crippen LogP contribution in [0.5, 0.6) is 0 Å². The van der Waals surface area contributed by atoms with Crippen LogP contribution in [0.25, 0.3) is 27.7 Å². The highest BCUT2D eigenvalue weighted by Crippen LogP contribution is 2.38. The normalized spacial score (nSPS) is 12.5. The summed E-state index contributed by atoms with van der Waals surface area (Å²) >= 11 is 0. The van der Waals surface area contributed by atoms with E-state index in [4.69, 9.17) is 4.98 Å². The Morgan fingerprint density at radius 2 is 1.81 bits per heavy atom. The second-order valence-electron chi connectivity index (χ2n) is 7.88. The van der Waals surface area contributed by atoms with Gasteiger partial charge in [0.25, 0.3) is 0 Å². The average Bonchev–Trinajstić information content (AvgIpc) is 3.15. The number of hydrogen-bond acceptors (Lipinski definition) is 1. The number of benzene rings is 2. The quantitative estimate of drug-likeness (QED) is 0.401. The molecular weight excluding hydrogens is 330 g/mol. The van der Waals surface area contributed by atoms with Crippen molar-refractivity contribution >= 4 is 10.8 Å². The first kappa shape index (κ1) is 16.2. The molecule has 0 atom stereocenters. The van der Waals surface area contributed by atoms with Gasteiger partial charge in [0.15, 0.2) is 6.20 Å². The Kier molecular flexibility index (Phi) is 3.33. The molecule has 2 aromatic carbocycles. The van der Waals surface area contributed by atoms with Gasteiger partial charge in [-0.05, 0) is 61.9 Å². The highest BCUT2D eigenvalue weighted by atomic mass is 15.1. The predicted octanol–water partition coefficient (Wildman–Crippen LogP) is 4.65. The van der Waals surface area contributed by atoms with Gasteiger partial charge in [0.2, 0.25) is 5.69 Å². The van der Waals surface area contributed by atoms with E-state index in [1.165, 1.54) is 50.0 Å². The lowest BCUT2D eigenvalue weighted by Gasteiger charge is -2.15. The van der Waals surface area contributed by atoms with Gasteiger partial charge in [-0.1, -0.05) is 17.7 Å². The molecule has 1 aliphatic heterocycles. The molecule has 0 amide bonds. The molecule has 0 radical (unpaired) electrons. The van der Waals surface area contributed by atoms with Crippen LogP contribution in [-0.4, -0.2) is 9.55 Å². The molecule has 134 valence electrons. The van der Waals surface area contributed by atoms with Crippen molar-refractivity contribution in [1.82, 2.24) is 9.55 Å². The van der Waals surface area contributed by atoms with Crippen molar-refractivity contribution in [2.75, 3.05) is 0 Å². The van der Waals surface area contributed by atoms with Crippen LogP contribution in [-0.2, 0) is 13.5 Å². The number of imidazole rings is 1. The van der Waals surface area contributed by atoms with Crippen molar-refractivity contribution in [2.24, 2.45) is 7.05 Å². The first-order valence-electron chi connectivity index (χ1n) is 9.51. The Balaban J connectivity index is 1.85. The fourth-order valence-corrected chi connectivity index (χ4v) is 4.50. The van der Waals surface area contributed by atoms with Crippen LogP contribution in [0.2, 0.25) is 0 Å². The van der Waals surface area contributed by atoms with Gasteiger partial charge in [0.05, 0.1) is 22.3 Å². The molecule has 3 heterocycles. The number of nitrogens with zero attached hydrogens (tertiary/aromatic N) is 3. The summed E-state index contributed by atoms with van der Waals surface area (Å²) in [6.07, 6.45) is 5.26. The molecule has 5 rings (SSSR count). The van der Waals surface area contributed by atoms with E-state index in [1.807, 2.05) is 0 Å². The zero-order chi connectivity index (χ0) is 18.9. The second-order valence-corrected chi connectivity index (χ2v) is 7.88. The van der Waals surface area contributed by atoms with Gasteiger partial charge in [-0.2, -0.15) is 0 Å². The van der Waals surface area contributed by atoms with Crippen molar-refractivity contribution in [3.63, 3.8) is 0 Å². The molecule has 0 unspecified atom stereocenters. The van der Waals surface area contributed by atoms with Crippen LogP contribution < -0.4 is 4.57 Å². The Bertz CT molecular complexity index is 1240. The predicted molar refractivity (Wildman–Crippen MR) is 109 cm³/mol. The van der Waals surface area contributed by atoms with E-state index in [-0.39, 0.29) is 0 Å². The molecule has 0 saturated heterocycles. The first-order valence-corrected chi connectivity index (χ1v) is 9.51. The highest BCUT2D eigenvalue weighted by Gasteiger charge is 2.27. The molecule has 0 fully saturated rings. The van der Waals surface area contributed by atoms with Crippen LogP contribution in [0.15, 0.2) is 42.7 Å². The zero-order valence-electron chi connectivity index (χ0n) is 16.6. The molecule has 3 nitrogen and oxygen atoms in total. The van der Waals surface area contributed by atoms with Gasteiger partial charge in [0, 0.05) is 18.7 Å². The zero-order valence-corrected chi connectivity index (χ0v) is 16.6. The summed E-state index contributed by atoms with van der Waals surface area (Å²) in [4.78, 5) is 4.71. The SMILES string of the molecule is Cc1ccc2c(-c3cc4c(c(C)c3C)Cc3nc(C)cn3-4)[n+](C)ccc2c1. The third kappa shape index (κ3) is 2.27. The number of rotatable bonds is 1. The lowest BCUT2D eigenvalue weighted by Crippen LogP contribution is -2.31. The minimum absolute atomic E-state index is 0.928. The smallest absolute Gasteiger partial charge is 0.220 e. The van der Waals surface area contributed by atoms with Gasteiger partial charge >= 0.3 is 0 Å². The van der Waals surface area contributed by atoms with E-state index in [0.717, 1.165) is 17.9 Å². The standard InChI is InChI=1S/C24H24N3/c1-14-6-7-19-18(10-14)8-9-26(5)24(19)21-11-22-20(16(3)17(21)4)12-23-25-15(2)13-27(22)23/h6-11,13H,12H2,1-5H3/q+1. The van der Waals surface area contributed by atoms with Crippen molar-refractivity contribution in [1.29, 1.82) is 0 Å². The molecule has 27 heavy (non-hydrogen) atoms. The van der Waals surface area contributed by atoms with Crippen LogP contribution in [0.3, 0.4) is 0 Å². The van der Waals surface area contributed by atoms with Gasteiger partial charge < -0.3 is 4.57 Å². The molecule has 0 saturated carbocycles. The van der Waals surface area contributed by atoms with Gasteiger partial charge in [-0.25, -0.2) is 9.55 Å². The summed E-state index contributed by atoms with van der Waals surface area (Å²) in [6.45, 7) is 8.73. The fraction of sp³-hybridized carbons (Fsp3) is 0.250. The van der Waals surface area contributed by atoms with Crippen molar-refractivity contribution in [3.8, 4) is 16.9 Å². The third-order valence-corrected chi connectivity index (χ3v) is 6.05.